The molecule has 24 heavy (non-hydrogen) atoms. The van der Waals surface area contributed by atoms with Gasteiger partial charge in [0.2, 0.25) is 5.88 Å². The van der Waals surface area contributed by atoms with Crippen molar-refractivity contribution in [2.24, 2.45) is 7.05 Å². The van der Waals surface area contributed by atoms with E-state index in [1.807, 2.05) is 51.1 Å². The number of anilines is 1. The zero-order chi connectivity index (χ0) is 17.5. The summed E-state index contributed by atoms with van der Waals surface area (Å²) in [5.74, 6) is 1.74. The summed E-state index contributed by atoms with van der Waals surface area (Å²) in [6.45, 7) is 4.61. The number of rotatable bonds is 9. The maximum Gasteiger partial charge on any atom is 0.213 e. The van der Waals surface area contributed by atoms with Gasteiger partial charge >= 0.3 is 0 Å². The van der Waals surface area contributed by atoms with Gasteiger partial charge in [-0.15, -0.1) is 0 Å². The molecule has 0 saturated heterocycles. The average Bonchev–Trinajstić information content (AvgIpc) is 2.83. The maximum absolute atomic E-state index is 5.46. The summed E-state index contributed by atoms with van der Waals surface area (Å²) in [6.07, 6.45) is 1.83. The van der Waals surface area contributed by atoms with E-state index in [0.29, 0.717) is 19.1 Å². The molecule has 1 N–H and O–H groups in total. The van der Waals surface area contributed by atoms with Crippen LogP contribution in [0.5, 0.6) is 5.88 Å². The Bertz CT molecular complexity index is 637. The third-order valence-corrected chi connectivity index (χ3v) is 3.70. The molecule has 0 aliphatic rings. The van der Waals surface area contributed by atoms with Gasteiger partial charge in [-0.25, -0.2) is 4.98 Å². The molecule has 0 aliphatic carbocycles. The van der Waals surface area contributed by atoms with Gasteiger partial charge in [-0.1, -0.05) is 6.07 Å². The van der Waals surface area contributed by atoms with Crippen LogP contribution in [0.15, 0.2) is 18.3 Å². The molecule has 2 aromatic rings. The molecule has 0 aromatic carbocycles. The van der Waals surface area contributed by atoms with Gasteiger partial charge in [0.15, 0.2) is 0 Å². The molecule has 0 spiro atoms. The van der Waals surface area contributed by atoms with Gasteiger partial charge in [0.05, 0.1) is 12.3 Å². The standard InChI is InChI=1S/C17H27N5O2/c1-13-15(17(21(2)3)22(4)20-13)12-18-10-14-6-7-16(19-11-14)24-9-8-23-5/h6-7,11,18H,8-10,12H2,1-5H3. The fraction of sp³-hybridized carbons (Fsp3) is 0.529. The highest BCUT2D eigenvalue weighted by Crippen LogP contribution is 2.21. The molecule has 7 heteroatoms. The van der Waals surface area contributed by atoms with Crippen LogP contribution in [0.1, 0.15) is 16.8 Å². The van der Waals surface area contributed by atoms with E-state index < -0.39 is 0 Å². The molecule has 132 valence electrons. The van der Waals surface area contributed by atoms with Crippen LogP contribution in [-0.2, 0) is 24.9 Å². The Hall–Kier alpha value is -2.12. The zero-order valence-electron chi connectivity index (χ0n) is 15.2. The fourth-order valence-corrected chi connectivity index (χ4v) is 2.62. The van der Waals surface area contributed by atoms with Gasteiger partial charge in [-0.2, -0.15) is 5.10 Å². The lowest BCUT2D eigenvalue weighted by molar-refractivity contribution is 0.143. The summed E-state index contributed by atoms with van der Waals surface area (Å²) in [5, 5.41) is 7.96. The van der Waals surface area contributed by atoms with Crippen molar-refractivity contribution < 1.29 is 9.47 Å². The summed E-state index contributed by atoms with van der Waals surface area (Å²) in [5.41, 5.74) is 3.38. The molecular formula is C17H27N5O2. The van der Waals surface area contributed by atoms with Crippen molar-refractivity contribution in [3.63, 3.8) is 0 Å². The highest BCUT2D eigenvalue weighted by Gasteiger charge is 2.14. The predicted molar refractivity (Wildman–Crippen MR) is 94.4 cm³/mol. The minimum atomic E-state index is 0.509. The molecule has 2 aromatic heterocycles. The van der Waals surface area contributed by atoms with Crippen LogP contribution in [0.4, 0.5) is 5.82 Å². The molecule has 0 atom stereocenters. The van der Waals surface area contributed by atoms with Gasteiger partial charge in [0, 0.05) is 59.2 Å². The molecule has 0 fully saturated rings. The zero-order valence-corrected chi connectivity index (χ0v) is 15.2. The van der Waals surface area contributed by atoms with Gasteiger partial charge in [-0.3, -0.25) is 4.68 Å². The normalized spacial score (nSPS) is 10.9. The van der Waals surface area contributed by atoms with Crippen molar-refractivity contribution in [3.8, 4) is 5.88 Å². The van der Waals surface area contributed by atoms with Crippen molar-refractivity contribution in [1.29, 1.82) is 0 Å². The van der Waals surface area contributed by atoms with E-state index in [4.69, 9.17) is 9.47 Å². The Morgan fingerprint density at radius 2 is 2.00 bits per heavy atom. The summed E-state index contributed by atoms with van der Waals surface area (Å²) in [6, 6.07) is 3.90. The first-order chi connectivity index (χ1) is 11.5. The smallest absolute Gasteiger partial charge is 0.213 e. The van der Waals surface area contributed by atoms with E-state index in [9.17, 15) is 0 Å². The highest BCUT2D eigenvalue weighted by atomic mass is 16.5. The van der Waals surface area contributed by atoms with E-state index in [1.165, 1.54) is 5.56 Å². The van der Waals surface area contributed by atoms with Gasteiger partial charge < -0.3 is 19.7 Å². The second-order valence-corrected chi connectivity index (χ2v) is 5.86. The number of aromatic nitrogens is 3. The number of hydrogen-bond donors (Lipinski definition) is 1. The van der Waals surface area contributed by atoms with Crippen LogP contribution in [0.2, 0.25) is 0 Å². The van der Waals surface area contributed by atoms with Crippen LogP contribution in [-0.4, -0.2) is 49.2 Å². The van der Waals surface area contributed by atoms with E-state index in [1.54, 1.807) is 7.11 Å². The average molecular weight is 333 g/mol. The molecule has 0 unspecified atom stereocenters. The third kappa shape index (κ3) is 4.69. The van der Waals surface area contributed by atoms with Crippen molar-refractivity contribution in [2.75, 3.05) is 39.3 Å². The van der Waals surface area contributed by atoms with E-state index in [0.717, 1.165) is 30.2 Å². The Morgan fingerprint density at radius 3 is 2.62 bits per heavy atom. The quantitative estimate of drug-likeness (QED) is 0.702. The summed E-state index contributed by atoms with van der Waals surface area (Å²) in [7, 11) is 7.69. The molecule has 0 radical (unpaired) electrons. The van der Waals surface area contributed by atoms with Gasteiger partial charge in [0.25, 0.3) is 0 Å². The van der Waals surface area contributed by atoms with Gasteiger partial charge in [-0.05, 0) is 12.5 Å². The lowest BCUT2D eigenvalue weighted by Crippen LogP contribution is -2.19. The number of nitrogens with one attached hydrogen (secondary N) is 1. The third-order valence-electron chi connectivity index (χ3n) is 3.70. The Morgan fingerprint density at radius 1 is 1.21 bits per heavy atom. The first-order valence-electron chi connectivity index (χ1n) is 8.00. The van der Waals surface area contributed by atoms with Gasteiger partial charge in [0.1, 0.15) is 12.4 Å². The van der Waals surface area contributed by atoms with Crippen molar-refractivity contribution >= 4 is 5.82 Å². The maximum atomic E-state index is 5.46. The Kier molecular flexibility index (Phi) is 6.57. The van der Waals surface area contributed by atoms with E-state index >= 15 is 0 Å². The number of ether oxygens (including phenoxy) is 2. The predicted octanol–water partition coefficient (Wildman–Crippen LogP) is 1.50. The Labute approximate surface area is 143 Å². The van der Waals surface area contributed by atoms with Crippen molar-refractivity contribution in [2.45, 2.75) is 20.0 Å². The summed E-state index contributed by atoms with van der Waals surface area (Å²) in [4.78, 5) is 6.39. The van der Waals surface area contributed by atoms with Crippen LogP contribution >= 0.6 is 0 Å². The van der Waals surface area contributed by atoms with Crippen LogP contribution in [0, 0.1) is 6.92 Å². The second kappa shape index (κ2) is 8.65. The van der Waals surface area contributed by atoms with Crippen LogP contribution in [0.3, 0.4) is 0 Å². The number of hydrogen-bond acceptors (Lipinski definition) is 6. The lowest BCUT2D eigenvalue weighted by atomic mass is 10.2. The van der Waals surface area contributed by atoms with E-state index in [-0.39, 0.29) is 0 Å². The molecule has 2 heterocycles. The largest absolute Gasteiger partial charge is 0.475 e. The summed E-state index contributed by atoms with van der Waals surface area (Å²) >= 11 is 0. The molecule has 7 nitrogen and oxygen atoms in total. The minimum Gasteiger partial charge on any atom is -0.475 e. The van der Waals surface area contributed by atoms with Crippen molar-refractivity contribution in [3.05, 3.63) is 35.2 Å². The summed E-state index contributed by atoms with van der Waals surface area (Å²) < 4.78 is 12.3. The number of nitrogens with zero attached hydrogens (tertiary/aromatic N) is 4. The lowest BCUT2D eigenvalue weighted by Gasteiger charge is -2.15. The molecule has 2 rings (SSSR count). The van der Waals surface area contributed by atoms with Crippen LogP contribution in [0.25, 0.3) is 0 Å². The van der Waals surface area contributed by atoms with Crippen LogP contribution < -0.4 is 15.0 Å². The van der Waals surface area contributed by atoms with Crippen molar-refractivity contribution in [1.82, 2.24) is 20.1 Å². The molecule has 0 bridgehead atoms. The highest BCUT2D eigenvalue weighted by molar-refractivity contribution is 5.48. The first-order valence-corrected chi connectivity index (χ1v) is 8.00. The number of methoxy groups -OCH3 is 1. The Balaban J connectivity index is 1.88. The fourth-order valence-electron chi connectivity index (χ4n) is 2.62. The first kappa shape index (κ1) is 18.2. The molecule has 0 saturated carbocycles. The monoisotopic (exact) mass is 333 g/mol. The second-order valence-electron chi connectivity index (χ2n) is 5.86. The topological polar surface area (TPSA) is 64.4 Å². The SMILES string of the molecule is COCCOc1ccc(CNCc2c(C)nn(C)c2N(C)C)cn1. The number of aryl methyl sites for hydroxylation is 2. The minimum absolute atomic E-state index is 0.509. The molecule has 0 amide bonds. The number of pyridine rings is 1. The molecular weight excluding hydrogens is 306 g/mol. The van der Waals surface area contributed by atoms with E-state index in [2.05, 4.69) is 20.3 Å². The molecule has 0 aliphatic heterocycles.